The lowest BCUT2D eigenvalue weighted by molar-refractivity contribution is -0.154. The van der Waals surface area contributed by atoms with E-state index in [4.69, 9.17) is 10.5 Å². The van der Waals surface area contributed by atoms with Crippen LogP contribution in [-0.2, 0) is 9.53 Å². The molecule has 0 aromatic rings. The second-order valence-corrected chi connectivity index (χ2v) is 7.08. The van der Waals surface area contributed by atoms with Gasteiger partial charge in [-0.05, 0) is 31.3 Å². The Kier molecular flexibility index (Phi) is 6.18. The van der Waals surface area contributed by atoms with Gasteiger partial charge < -0.3 is 15.4 Å². The first-order valence-corrected chi connectivity index (χ1v) is 9.23. The van der Waals surface area contributed by atoms with E-state index in [1.54, 1.807) is 11.8 Å². The number of amides is 1. The lowest BCUT2D eigenvalue weighted by Gasteiger charge is -2.43. The van der Waals surface area contributed by atoms with E-state index in [9.17, 15) is 4.79 Å². The molecule has 0 bridgehead atoms. The number of morpholine rings is 1. The molecule has 2 N–H and O–H groups in total. The fraction of sp³-hybridized carbons (Fsp3) is 0.933. The van der Waals surface area contributed by atoms with Gasteiger partial charge in [0.25, 0.3) is 0 Å². The summed E-state index contributed by atoms with van der Waals surface area (Å²) in [4.78, 5) is 14.4. The molecule has 0 aromatic heterocycles. The van der Waals surface area contributed by atoms with Gasteiger partial charge in [-0.15, -0.1) is 0 Å². The van der Waals surface area contributed by atoms with Gasteiger partial charge in [-0.25, -0.2) is 0 Å². The van der Waals surface area contributed by atoms with Gasteiger partial charge >= 0.3 is 0 Å². The molecule has 1 aliphatic carbocycles. The van der Waals surface area contributed by atoms with Crippen molar-refractivity contribution in [2.75, 3.05) is 31.7 Å². The second kappa shape index (κ2) is 7.66. The summed E-state index contributed by atoms with van der Waals surface area (Å²) in [6.07, 6.45) is 10.0. The van der Waals surface area contributed by atoms with Crippen LogP contribution in [-0.4, -0.2) is 54.2 Å². The molecule has 2 fully saturated rings. The zero-order valence-electron chi connectivity index (χ0n) is 12.6. The fourth-order valence-corrected chi connectivity index (χ4v) is 3.80. The molecule has 1 saturated carbocycles. The predicted molar refractivity (Wildman–Crippen MR) is 83.9 cm³/mol. The van der Waals surface area contributed by atoms with Crippen molar-refractivity contribution in [3.63, 3.8) is 0 Å². The number of ether oxygens (including phenoxy) is 1. The highest BCUT2D eigenvalue weighted by molar-refractivity contribution is 7.98. The Morgan fingerprint density at radius 3 is 2.70 bits per heavy atom. The van der Waals surface area contributed by atoms with Crippen molar-refractivity contribution < 1.29 is 9.53 Å². The molecular weight excluding hydrogens is 272 g/mol. The van der Waals surface area contributed by atoms with E-state index in [0.717, 1.165) is 31.6 Å². The number of hydrogen-bond donors (Lipinski definition) is 1. The van der Waals surface area contributed by atoms with Gasteiger partial charge in [0, 0.05) is 13.1 Å². The summed E-state index contributed by atoms with van der Waals surface area (Å²) in [5, 5.41) is 0. The quantitative estimate of drug-likeness (QED) is 0.863. The molecule has 1 atom stereocenters. The Hall–Kier alpha value is -0.260. The monoisotopic (exact) mass is 300 g/mol. The summed E-state index contributed by atoms with van der Waals surface area (Å²) in [5.74, 6) is 1.06. The Morgan fingerprint density at radius 2 is 2.05 bits per heavy atom. The largest absolute Gasteiger partial charge is 0.371 e. The van der Waals surface area contributed by atoms with E-state index in [2.05, 4.69) is 0 Å². The van der Waals surface area contributed by atoms with Crippen molar-refractivity contribution >= 4 is 17.7 Å². The first-order valence-electron chi connectivity index (χ1n) is 7.84. The van der Waals surface area contributed by atoms with E-state index in [1.807, 2.05) is 11.2 Å². The van der Waals surface area contributed by atoms with Crippen LogP contribution in [0.15, 0.2) is 0 Å². The molecule has 116 valence electrons. The van der Waals surface area contributed by atoms with Gasteiger partial charge in [-0.2, -0.15) is 11.8 Å². The molecular formula is C15H28N2O2S. The van der Waals surface area contributed by atoms with Crippen LogP contribution in [0.4, 0.5) is 0 Å². The minimum Gasteiger partial charge on any atom is -0.371 e. The molecule has 2 rings (SSSR count). The molecule has 4 nitrogen and oxygen atoms in total. The Bertz CT molecular complexity index is 317. The van der Waals surface area contributed by atoms with Crippen LogP contribution in [0, 0.1) is 0 Å². The lowest BCUT2D eigenvalue weighted by Crippen LogP contribution is -2.56. The highest BCUT2D eigenvalue weighted by Crippen LogP contribution is 2.33. The van der Waals surface area contributed by atoms with Crippen LogP contribution in [0.25, 0.3) is 0 Å². The number of nitrogens with zero attached hydrogens (tertiary/aromatic N) is 1. The van der Waals surface area contributed by atoms with Gasteiger partial charge in [0.05, 0.1) is 18.2 Å². The highest BCUT2D eigenvalue weighted by atomic mass is 32.2. The molecule has 0 radical (unpaired) electrons. The summed E-state index contributed by atoms with van der Waals surface area (Å²) < 4.78 is 6.09. The van der Waals surface area contributed by atoms with Crippen molar-refractivity contribution in [1.82, 2.24) is 4.90 Å². The minimum absolute atomic E-state index is 0.0797. The fourth-order valence-electron chi connectivity index (χ4n) is 3.31. The third kappa shape index (κ3) is 4.12. The van der Waals surface area contributed by atoms with Crippen LogP contribution in [0.5, 0.6) is 0 Å². The van der Waals surface area contributed by atoms with Crippen molar-refractivity contribution in [3.05, 3.63) is 0 Å². The van der Waals surface area contributed by atoms with Crippen molar-refractivity contribution in [3.8, 4) is 0 Å². The predicted octanol–water partition coefficient (Wildman–Crippen LogP) is 2.02. The third-order valence-corrected chi connectivity index (χ3v) is 5.17. The Labute approximate surface area is 126 Å². The molecule has 20 heavy (non-hydrogen) atoms. The summed E-state index contributed by atoms with van der Waals surface area (Å²) >= 11 is 1.74. The zero-order chi connectivity index (χ0) is 14.4. The van der Waals surface area contributed by atoms with Crippen LogP contribution in [0.1, 0.15) is 44.9 Å². The van der Waals surface area contributed by atoms with E-state index < -0.39 is 0 Å². The Balaban J connectivity index is 1.93. The smallest absolute Gasteiger partial charge is 0.239 e. The first-order chi connectivity index (χ1) is 9.67. The van der Waals surface area contributed by atoms with Gasteiger partial charge in [-0.3, -0.25) is 4.79 Å². The van der Waals surface area contributed by atoms with Gasteiger partial charge in [0.1, 0.15) is 0 Å². The number of hydrogen-bond acceptors (Lipinski definition) is 4. The molecule has 2 aliphatic rings. The lowest BCUT2D eigenvalue weighted by atomic mass is 9.92. The summed E-state index contributed by atoms with van der Waals surface area (Å²) in [7, 11) is 0. The van der Waals surface area contributed by atoms with Crippen molar-refractivity contribution in [2.45, 2.75) is 56.6 Å². The number of carbonyl (C=O) groups is 1. The standard InChI is InChI=1S/C15H28N2O2S/c1-20-11-6-13(16)14(18)17-9-10-19-15(12-17)7-4-2-3-5-8-15/h13H,2-12,16H2,1H3/t13-/m0/s1. The number of carbonyl (C=O) groups excluding carboxylic acids is 1. The maximum absolute atomic E-state index is 12.5. The minimum atomic E-state index is -0.344. The molecule has 1 saturated heterocycles. The summed E-state index contributed by atoms with van der Waals surface area (Å²) in [6.45, 7) is 2.12. The number of nitrogens with two attached hydrogens (primary N) is 1. The Morgan fingerprint density at radius 1 is 1.35 bits per heavy atom. The maximum Gasteiger partial charge on any atom is 0.239 e. The second-order valence-electron chi connectivity index (χ2n) is 6.09. The number of thioether (sulfide) groups is 1. The number of rotatable bonds is 4. The summed E-state index contributed by atoms with van der Waals surface area (Å²) in [6, 6.07) is -0.344. The third-order valence-electron chi connectivity index (χ3n) is 4.53. The average Bonchev–Trinajstić information content (AvgIpc) is 2.69. The van der Waals surface area contributed by atoms with Crippen molar-refractivity contribution in [2.24, 2.45) is 5.73 Å². The van der Waals surface area contributed by atoms with Gasteiger partial charge in [0.2, 0.25) is 5.91 Å². The zero-order valence-corrected chi connectivity index (χ0v) is 13.4. The molecule has 1 spiro atoms. The van der Waals surface area contributed by atoms with Gasteiger partial charge in [-0.1, -0.05) is 25.7 Å². The van der Waals surface area contributed by atoms with E-state index in [1.165, 1.54) is 25.7 Å². The summed E-state index contributed by atoms with van der Waals surface area (Å²) in [5.41, 5.74) is 5.96. The van der Waals surface area contributed by atoms with E-state index >= 15 is 0 Å². The molecule has 1 amide bonds. The van der Waals surface area contributed by atoms with Crippen LogP contribution >= 0.6 is 11.8 Å². The van der Waals surface area contributed by atoms with E-state index in [0.29, 0.717) is 13.2 Å². The highest BCUT2D eigenvalue weighted by Gasteiger charge is 2.39. The molecule has 1 heterocycles. The first kappa shape index (κ1) is 16.1. The van der Waals surface area contributed by atoms with Crippen LogP contribution in [0.2, 0.25) is 0 Å². The maximum atomic E-state index is 12.5. The van der Waals surface area contributed by atoms with Crippen LogP contribution < -0.4 is 5.73 Å². The molecule has 0 unspecified atom stereocenters. The van der Waals surface area contributed by atoms with Gasteiger partial charge in [0.15, 0.2) is 0 Å². The average molecular weight is 300 g/mol. The van der Waals surface area contributed by atoms with E-state index in [-0.39, 0.29) is 17.6 Å². The van der Waals surface area contributed by atoms with Crippen LogP contribution in [0.3, 0.4) is 0 Å². The molecule has 0 aromatic carbocycles. The molecule has 5 heteroatoms. The van der Waals surface area contributed by atoms with Crippen molar-refractivity contribution in [1.29, 1.82) is 0 Å². The normalized spacial score (nSPS) is 24.4. The topological polar surface area (TPSA) is 55.6 Å². The molecule has 1 aliphatic heterocycles. The SMILES string of the molecule is CSCC[C@H](N)C(=O)N1CCOC2(CCCCCC2)C1.